The Hall–Kier alpha value is -2.66. The van der Waals surface area contributed by atoms with Crippen molar-refractivity contribution in [3.63, 3.8) is 0 Å². The average molecular weight is 445 g/mol. The van der Waals surface area contributed by atoms with Crippen LogP contribution in [-0.4, -0.2) is 42.0 Å². The zero-order valence-electron chi connectivity index (χ0n) is 16.2. The summed E-state index contributed by atoms with van der Waals surface area (Å²) in [5.74, 6) is -1.86. The van der Waals surface area contributed by atoms with Gasteiger partial charge in [0.05, 0.1) is 0 Å². The van der Waals surface area contributed by atoms with Crippen LogP contribution in [0.2, 0.25) is 5.02 Å². The van der Waals surface area contributed by atoms with Gasteiger partial charge in [0.15, 0.2) is 0 Å². The number of rotatable bonds is 6. The molecule has 2 aromatic rings. The van der Waals surface area contributed by atoms with E-state index in [1.54, 1.807) is 39.0 Å². The van der Waals surface area contributed by atoms with Crippen molar-refractivity contribution >= 4 is 39.1 Å². The van der Waals surface area contributed by atoms with Gasteiger partial charge in [-0.1, -0.05) is 22.8 Å². The van der Waals surface area contributed by atoms with Crippen LogP contribution in [0, 0.1) is 0 Å². The van der Waals surface area contributed by atoms with Crippen LogP contribution < -0.4 is 10.6 Å². The van der Waals surface area contributed by atoms with Crippen molar-refractivity contribution in [1.29, 1.82) is 0 Å². The molecular weight excluding hydrogens is 424 g/mol. The molecule has 1 aromatic heterocycles. The Kier molecular flexibility index (Phi) is 6.85. The van der Waals surface area contributed by atoms with Gasteiger partial charge in [-0.15, -0.1) is 5.10 Å². The van der Waals surface area contributed by atoms with E-state index in [4.69, 9.17) is 20.8 Å². The lowest BCUT2D eigenvalue weighted by atomic mass is 10.2. The second-order valence-corrected chi connectivity index (χ2v) is 9.40. The van der Waals surface area contributed by atoms with E-state index in [1.165, 1.54) is 13.0 Å². The number of hydrogen-bond acceptors (Lipinski definition) is 8. The molecule has 1 aromatic carbocycles. The number of anilines is 1. The fraction of sp³-hybridized carbons (Fsp3) is 0.412. The third kappa shape index (κ3) is 7.02. The van der Waals surface area contributed by atoms with E-state index in [2.05, 4.69) is 20.8 Å². The third-order valence-electron chi connectivity index (χ3n) is 3.22. The number of carbonyl (C=O) groups is 2. The van der Waals surface area contributed by atoms with Crippen LogP contribution in [0.3, 0.4) is 0 Å². The van der Waals surface area contributed by atoms with Crippen molar-refractivity contribution in [3.8, 4) is 0 Å². The second kappa shape index (κ2) is 8.78. The molecule has 0 saturated carbocycles. The van der Waals surface area contributed by atoms with Crippen LogP contribution in [0.15, 0.2) is 33.9 Å². The molecule has 0 bridgehead atoms. The number of ether oxygens (including phenoxy) is 1. The Bertz CT molecular complexity index is 999. The van der Waals surface area contributed by atoms with Crippen molar-refractivity contribution < 1.29 is 27.2 Å². The van der Waals surface area contributed by atoms with Gasteiger partial charge in [0, 0.05) is 10.7 Å². The summed E-state index contributed by atoms with van der Waals surface area (Å²) in [4.78, 5) is 23.8. The van der Waals surface area contributed by atoms with Crippen LogP contribution in [0.4, 0.5) is 10.5 Å². The molecule has 2 amide bonds. The first-order valence-electron chi connectivity index (χ1n) is 8.47. The average Bonchev–Trinajstić information content (AvgIpc) is 3.03. The number of benzene rings is 1. The van der Waals surface area contributed by atoms with Crippen LogP contribution in [-0.2, 0) is 19.4 Å². The van der Waals surface area contributed by atoms with Gasteiger partial charge in [0.25, 0.3) is 0 Å². The van der Waals surface area contributed by atoms with E-state index in [-0.39, 0.29) is 5.89 Å². The van der Waals surface area contributed by atoms with Gasteiger partial charge < -0.3 is 19.8 Å². The number of alkyl carbamates (subject to hydrolysis) is 1. The first-order chi connectivity index (χ1) is 13.4. The Morgan fingerprint density at radius 3 is 2.59 bits per heavy atom. The standard InChI is InChI=1S/C17H21ClN4O6S/c1-10(19-15(24)28-17(2,3)4)14-21-22-16(27-14)29(25,26)9-13(23)20-12-7-5-6-11(18)8-12/h5-8,10H,9H2,1-4H3,(H,19,24)(H,20,23). The van der Waals surface area contributed by atoms with Crippen LogP contribution in [0.5, 0.6) is 0 Å². The van der Waals surface area contributed by atoms with Crippen molar-refractivity contribution in [2.75, 3.05) is 11.1 Å². The number of amides is 2. The molecule has 1 atom stereocenters. The molecule has 158 valence electrons. The summed E-state index contributed by atoms with van der Waals surface area (Å²) >= 11 is 5.82. The summed E-state index contributed by atoms with van der Waals surface area (Å²) in [6.45, 7) is 6.61. The quantitative estimate of drug-likeness (QED) is 0.692. The lowest BCUT2D eigenvalue weighted by Gasteiger charge is -2.20. The van der Waals surface area contributed by atoms with Crippen LogP contribution >= 0.6 is 11.6 Å². The second-order valence-electron chi connectivity index (χ2n) is 7.09. The van der Waals surface area contributed by atoms with E-state index in [0.29, 0.717) is 10.7 Å². The van der Waals surface area contributed by atoms with Gasteiger partial charge in [0.2, 0.25) is 21.6 Å². The van der Waals surface area contributed by atoms with Crippen LogP contribution in [0.25, 0.3) is 0 Å². The predicted octanol–water partition coefficient (Wildman–Crippen LogP) is 2.72. The zero-order chi connectivity index (χ0) is 21.8. The Labute approximate surface area is 172 Å². The summed E-state index contributed by atoms with van der Waals surface area (Å²) in [5, 5.41) is 11.6. The van der Waals surface area contributed by atoms with E-state index in [0.717, 1.165) is 0 Å². The molecule has 2 rings (SSSR count). The minimum absolute atomic E-state index is 0.148. The number of sulfone groups is 1. The highest BCUT2D eigenvalue weighted by Gasteiger charge is 2.28. The molecule has 10 nitrogen and oxygen atoms in total. The SMILES string of the molecule is CC(NC(=O)OC(C)(C)C)c1nnc(S(=O)(=O)CC(=O)Nc2cccc(Cl)c2)o1. The molecule has 1 heterocycles. The molecule has 0 saturated heterocycles. The lowest BCUT2D eigenvalue weighted by molar-refractivity contribution is -0.113. The maximum Gasteiger partial charge on any atom is 0.408 e. The Balaban J connectivity index is 2.02. The van der Waals surface area contributed by atoms with E-state index < -0.39 is 44.5 Å². The minimum atomic E-state index is -4.19. The van der Waals surface area contributed by atoms with Crippen molar-refractivity contribution in [1.82, 2.24) is 15.5 Å². The number of carbonyl (C=O) groups excluding carboxylic acids is 2. The number of halogens is 1. The normalized spacial score (nSPS) is 12.9. The Morgan fingerprint density at radius 2 is 1.97 bits per heavy atom. The van der Waals surface area contributed by atoms with Crippen molar-refractivity contribution in [3.05, 3.63) is 35.2 Å². The fourth-order valence-corrected chi connectivity index (χ4v) is 3.17. The van der Waals surface area contributed by atoms with Gasteiger partial charge in [-0.05, 0) is 45.9 Å². The first kappa shape index (κ1) is 22.6. The third-order valence-corrected chi connectivity index (χ3v) is 4.80. The zero-order valence-corrected chi connectivity index (χ0v) is 17.8. The molecule has 0 radical (unpaired) electrons. The van der Waals surface area contributed by atoms with Crippen molar-refractivity contribution in [2.45, 2.75) is 44.6 Å². The fourth-order valence-electron chi connectivity index (χ4n) is 2.06. The molecule has 2 N–H and O–H groups in total. The molecule has 0 spiro atoms. The highest BCUT2D eigenvalue weighted by molar-refractivity contribution is 7.91. The topological polar surface area (TPSA) is 140 Å². The van der Waals surface area contributed by atoms with Gasteiger partial charge >= 0.3 is 11.3 Å². The molecule has 0 aliphatic rings. The lowest BCUT2D eigenvalue weighted by Crippen LogP contribution is -2.34. The highest BCUT2D eigenvalue weighted by atomic mass is 35.5. The predicted molar refractivity (Wildman–Crippen MR) is 104 cm³/mol. The van der Waals surface area contributed by atoms with Gasteiger partial charge in [-0.25, -0.2) is 13.2 Å². The first-order valence-corrected chi connectivity index (χ1v) is 10.5. The molecule has 0 aliphatic carbocycles. The summed E-state index contributed by atoms with van der Waals surface area (Å²) in [5.41, 5.74) is -0.358. The molecule has 0 fully saturated rings. The smallest absolute Gasteiger partial charge is 0.408 e. The Morgan fingerprint density at radius 1 is 1.28 bits per heavy atom. The maximum atomic E-state index is 12.4. The summed E-state index contributed by atoms with van der Waals surface area (Å²) in [6, 6.07) is 5.45. The number of aromatic nitrogens is 2. The highest BCUT2D eigenvalue weighted by Crippen LogP contribution is 2.18. The van der Waals surface area contributed by atoms with E-state index in [9.17, 15) is 18.0 Å². The number of nitrogens with zero attached hydrogens (tertiary/aromatic N) is 2. The van der Waals surface area contributed by atoms with Gasteiger partial charge in [0.1, 0.15) is 17.4 Å². The van der Waals surface area contributed by atoms with E-state index in [1.807, 2.05) is 0 Å². The minimum Gasteiger partial charge on any atom is -0.444 e. The largest absolute Gasteiger partial charge is 0.444 e. The number of nitrogens with one attached hydrogen (secondary N) is 2. The molecule has 1 unspecified atom stereocenters. The van der Waals surface area contributed by atoms with Crippen LogP contribution in [0.1, 0.15) is 39.6 Å². The summed E-state index contributed by atoms with van der Waals surface area (Å²) < 4.78 is 34.9. The number of hydrogen-bond donors (Lipinski definition) is 2. The molecular formula is C17H21ClN4O6S. The summed E-state index contributed by atoms with van der Waals surface area (Å²) in [7, 11) is -4.19. The van der Waals surface area contributed by atoms with E-state index >= 15 is 0 Å². The monoisotopic (exact) mass is 444 g/mol. The molecule has 12 heteroatoms. The van der Waals surface area contributed by atoms with Gasteiger partial charge in [-0.3, -0.25) is 4.79 Å². The van der Waals surface area contributed by atoms with Crippen molar-refractivity contribution in [2.24, 2.45) is 0 Å². The molecule has 0 aliphatic heterocycles. The maximum absolute atomic E-state index is 12.4. The van der Waals surface area contributed by atoms with Gasteiger partial charge in [-0.2, -0.15) is 0 Å². The molecule has 29 heavy (non-hydrogen) atoms. The summed E-state index contributed by atoms with van der Waals surface area (Å²) in [6.07, 6.45) is -0.728.